The number of carbonyl (C=O) groups is 3. The predicted molar refractivity (Wildman–Crippen MR) is 214 cm³/mol. The number of carbonyl (C=O) groups excluding carboxylic acids is 3. The minimum atomic E-state index is -6.09. The Morgan fingerprint density at radius 2 is 1.79 bits per heavy atom. The first-order chi connectivity index (χ1) is 26.7. The molecular weight excluding hydrogens is 842 g/mol. The second-order valence-corrected chi connectivity index (χ2v) is 24.7. The number of alkyl halides is 3. The third-order valence-electron chi connectivity index (χ3n) is 11.0. The minimum absolute atomic E-state index is 0.0230. The third-order valence-corrected chi connectivity index (χ3v) is 18.6. The van der Waals surface area contributed by atoms with Crippen molar-refractivity contribution in [3.05, 3.63) is 59.0 Å². The lowest BCUT2D eigenvalue weighted by Crippen LogP contribution is -2.63. The van der Waals surface area contributed by atoms with Gasteiger partial charge < -0.3 is 33.4 Å². The number of amides is 2. The van der Waals surface area contributed by atoms with Crippen LogP contribution in [0.5, 0.6) is 0 Å². The van der Waals surface area contributed by atoms with Gasteiger partial charge in [-0.05, 0) is 31.5 Å². The van der Waals surface area contributed by atoms with E-state index in [-0.39, 0.29) is 53.1 Å². The van der Waals surface area contributed by atoms with Crippen LogP contribution in [0.15, 0.2) is 48.3 Å². The largest absolute Gasteiger partial charge is 0.741 e. The summed E-state index contributed by atoms with van der Waals surface area (Å²) in [7, 11) is -7.92. The van der Waals surface area contributed by atoms with E-state index in [1.165, 1.54) is 22.7 Å². The Labute approximate surface area is 346 Å². The standard InChI is InChI=1S/C36H53N4O7S2Si.CHF3O3S/c1-11-14-45-34(43)31-32(22(3)30-29(23(4)41)33(42)40(30)31)49-27-18-25(39(20-27)35(44)46-15-12-2)17-26-19-38-24(5)37(21-28(38)48-26)13-16-47-50(9,10)36(6,7)8;2-1(3,4)8(5,6)7/h11-12,19,21-23,25,27,29-30,41H,1-2,13-18,20H2,3-10H3;(H,5,6,7)/q+1;/p-1/t22-,23-,25-,27+,29-,30-;/m1./s1. The molecule has 0 unspecified atom stereocenters. The summed E-state index contributed by atoms with van der Waals surface area (Å²) < 4.78 is 80.7. The van der Waals surface area contributed by atoms with Crippen LogP contribution in [0.1, 0.15) is 51.7 Å². The number of esters is 1. The zero-order chi connectivity index (χ0) is 43.7. The van der Waals surface area contributed by atoms with E-state index in [0.717, 1.165) is 27.0 Å². The Kier molecular flexibility index (Phi) is 14.9. The predicted octanol–water partition coefficient (Wildman–Crippen LogP) is 5.51. The van der Waals surface area contributed by atoms with Crippen molar-refractivity contribution in [2.45, 2.75) is 108 Å². The van der Waals surface area contributed by atoms with Crippen molar-refractivity contribution in [1.29, 1.82) is 0 Å². The van der Waals surface area contributed by atoms with E-state index in [1.807, 2.05) is 6.92 Å². The molecule has 0 aromatic carbocycles. The molecule has 3 aliphatic heterocycles. The summed E-state index contributed by atoms with van der Waals surface area (Å²) in [6.07, 6.45) is 7.48. The number of β-lactam (4-membered cyclic amide) rings is 1. The number of aliphatic hydroxyl groups excluding tert-OH is 1. The zero-order valence-electron chi connectivity index (χ0n) is 33.9. The van der Waals surface area contributed by atoms with Crippen LogP contribution < -0.4 is 4.57 Å². The van der Waals surface area contributed by atoms with Gasteiger partial charge in [-0.3, -0.25) is 4.79 Å². The number of nitrogens with zero attached hydrogens (tertiary/aromatic N) is 4. The molecule has 5 rings (SSSR count). The van der Waals surface area contributed by atoms with Crippen LogP contribution in [0.3, 0.4) is 0 Å². The number of aliphatic hydroxyl groups is 1. The van der Waals surface area contributed by atoms with Gasteiger partial charge in [-0.2, -0.15) is 17.6 Å². The van der Waals surface area contributed by atoms with E-state index in [2.05, 4.69) is 75.3 Å². The number of thiazole rings is 1. The molecule has 58 heavy (non-hydrogen) atoms. The van der Waals surface area contributed by atoms with Crippen molar-refractivity contribution in [3.63, 3.8) is 0 Å². The number of likely N-dealkylation sites (tertiary alicyclic amines) is 1. The molecule has 2 saturated heterocycles. The molecule has 0 bridgehead atoms. The molecule has 21 heteroatoms. The normalized spacial score (nSPS) is 23.0. The molecule has 2 amide bonds. The van der Waals surface area contributed by atoms with Gasteiger partial charge in [0.2, 0.25) is 10.7 Å². The van der Waals surface area contributed by atoms with Gasteiger partial charge in [0.1, 0.15) is 37.8 Å². The number of thioether (sulfide) groups is 1. The van der Waals surface area contributed by atoms with Crippen LogP contribution in [0.2, 0.25) is 18.1 Å². The number of imidazole rings is 1. The van der Waals surface area contributed by atoms with Crippen molar-refractivity contribution in [3.8, 4) is 0 Å². The molecular formula is C37H53F3N4O10S3Si. The summed E-state index contributed by atoms with van der Waals surface area (Å²) in [5.74, 6) is -0.487. The maximum absolute atomic E-state index is 13.3. The SMILES string of the molecule is C=CCOC(=O)C1=C(S[C@H]2C[C@@H](Cc3cn4c(C)[n+](CCO[Si](C)(C)C(C)(C)C)cc4s3)N(C(=O)OCC=C)C2)[C@H](C)[C@@H]2[C@@H]([C@@H](C)O)C(=O)N12.O=S(=O)([O-])C(F)(F)F. The molecule has 2 aromatic heterocycles. The van der Waals surface area contributed by atoms with Crippen molar-refractivity contribution in [2.24, 2.45) is 11.8 Å². The highest BCUT2D eigenvalue weighted by molar-refractivity contribution is 8.03. The monoisotopic (exact) mass is 894 g/mol. The van der Waals surface area contributed by atoms with Crippen LogP contribution in [-0.4, -0.2) is 114 Å². The highest BCUT2D eigenvalue weighted by Gasteiger charge is 2.60. The summed E-state index contributed by atoms with van der Waals surface area (Å²) in [6.45, 7) is 26.4. The highest BCUT2D eigenvalue weighted by Crippen LogP contribution is 2.52. The molecule has 0 radical (unpaired) electrons. The minimum Gasteiger partial charge on any atom is -0.741 e. The molecule has 0 saturated carbocycles. The first-order valence-electron chi connectivity index (χ1n) is 18.7. The van der Waals surface area contributed by atoms with Gasteiger partial charge >= 0.3 is 17.6 Å². The molecule has 1 N–H and O–H groups in total. The number of fused-ring (bicyclic) bond motifs is 2. The van der Waals surface area contributed by atoms with Crippen LogP contribution in [0, 0.1) is 18.8 Å². The van der Waals surface area contributed by atoms with Gasteiger partial charge in [-0.15, -0.1) is 11.8 Å². The van der Waals surface area contributed by atoms with E-state index >= 15 is 0 Å². The molecule has 2 aromatic rings. The van der Waals surface area contributed by atoms with Gasteiger partial charge in [0, 0.05) is 42.0 Å². The van der Waals surface area contributed by atoms with E-state index in [4.69, 9.17) is 26.9 Å². The maximum atomic E-state index is 13.3. The van der Waals surface area contributed by atoms with E-state index < -0.39 is 48.0 Å². The second-order valence-electron chi connectivity index (χ2n) is 16.0. The number of halogens is 3. The van der Waals surface area contributed by atoms with Crippen molar-refractivity contribution in [1.82, 2.24) is 14.2 Å². The lowest BCUT2D eigenvalue weighted by atomic mass is 9.79. The zero-order valence-corrected chi connectivity index (χ0v) is 37.4. The fourth-order valence-electron chi connectivity index (χ4n) is 6.93. The van der Waals surface area contributed by atoms with E-state index in [1.54, 1.807) is 29.2 Å². The van der Waals surface area contributed by atoms with Crippen LogP contribution >= 0.6 is 23.1 Å². The number of aryl methyl sites for hydroxylation is 1. The second kappa shape index (κ2) is 18.2. The maximum Gasteiger partial charge on any atom is 0.485 e. The van der Waals surface area contributed by atoms with Gasteiger partial charge in [-0.25, -0.2) is 22.6 Å². The molecule has 0 aliphatic carbocycles. The molecule has 3 aliphatic rings. The first-order valence-corrected chi connectivity index (χ1v) is 24.7. The van der Waals surface area contributed by atoms with Gasteiger partial charge in [0.15, 0.2) is 18.4 Å². The lowest BCUT2D eigenvalue weighted by molar-refractivity contribution is -0.702. The van der Waals surface area contributed by atoms with Gasteiger partial charge in [-0.1, -0.05) is 64.3 Å². The molecule has 5 heterocycles. The lowest BCUT2D eigenvalue weighted by Gasteiger charge is -2.46. The third kappa shape index (κ3) is 10.2. The van der Waals surface area contributed by atoms with Gasteiger partial charge in [0.05, 0.1) is 29.5 Å². The quantitative estimate of drug-likeness (QED) is 0.0483. The Bertz CT molecular complexity index is 2030. The molecule has 14 nitrogen and oxygen atoms in total. The topological polar surface area (TPSA) is 171 Å². The fourth-order valence-corrected chi connectivity index (χ4v) is 10.7. The Hall–Kier alpha value is -3.21. The van der Waals surface area contributed by atoms with Crippen LogP contribution in [0.25, 0.3) is 4.83 Å². The number of aromatic nitrogens is 2. The summed E-state index contributed by atoms with van der Waals surface area (Å²) >= 11 is 3.24. The smallest absolute Gasteiger partial charge is 0.485 e. The summed E-state index contributed by atoms with van der Waals surface area (Å²) in [5.41, 5.74) is -5.40. The van der Waals surface area contributed by atoms with Crippen LogP contribution in [0.4, 0.5) is 18.0 Å². The summed E-state index contributed by atoms with van der Waals surface area (Å²) in [5, 5.41) is 10.5. The van der Waals surface area contributed by atoms with Crippen molar-refractivity contribution < 1.29 is 64.1 Å². The van der Waals surface area contributed by atoms with Crippen LogP contribution in [-0.2, 0) is 46.6 Å². The average Bonchev–Trinajstić information content (AvgIpc) is 3.82. The van der Waals surface area contributed by atoms with Gasteiger partial charge in [0.25, 0.3) is 5.82 Å². The number of rotatable bonds is 14. The Morgan fingerprint density at radius 1 is 1.19 bits per heavy atom. The highest BCUT2D eigenvalue weighted by atomic mass is 32.2. The Balaban J connectivity index is 0.000000841. The Morgan fingerprint density at radius 3 is 2.33 bits per heavy atom. The van der Waals surface area contributed by atoms with Crippen molar-refractivity contribution in [2.75, 3.05) is 26.4 Å². The molecule has 324 valence electrons. The molecule has 0 spiro atoms. The fraction of sp³-hybridized carbons (Fsp3) is 0.622. The summed E-state index contributed by atoms with van der Waals surface area (Å²) in [6, 6.07) is -0.447. The first kappa shape index (κ1) is 47.5. The number of hydrogen-bond acceptors (Lipinski definition) is 12. The number of ether oxygens (including phenoxy) is 2. The molecule has 6 atom stereocenters. The summed E-state index contributed by atoms with van der Waals surface area (Å²) in [4.78, 5) is 46.1. The average molecular weight is 895 g/mol. The van der Waals surface area contributed by atoms with E-state index in [0.29, 0.717) is 26.0 Å². The van der Waals surface area contributed by atoms with Crippen molar-refractivity contribution >= 4 is 64.3 Å². The van der Waals surface area contributed by atoms with E-state index in [9.17, 15) is 32.7 Å². The molecule has 2 fully saturated rings. The number of hydrogen-bond donors (Lipinski definition) is 1.